The number of carbonyl (C=O) groups excluding carboxylic acids is 4. The minimum absolute atomic E-state index is 0.00120. The quantitative estimate of drug-likeness (QED) is 0.271. The molecule has 7 rings (SSSR count). The van der Waals surface area contributed by atoms with E-state index in [0.29, 0.717) is 42.2 Å². The molecular weight excluding hydrogens is 759 g/mol. The van der Waals surface area contributed by atoms with Crippen LogP contribution in [0.1, 0.15) is 96.8 Å². The van der Waals surface area contributed by atoms with Crippen LogP contribution in [-0.2, 0) is 30.3 Å². The highest BCUT2D eigenvalue weighted by atomic mass is 32.2. The highest BCUT2D eigenvalue weighted by Gasteiger charge is 2.44. The smallest absolute Gasteiger partial charge is 0.243 e. The van der Waals surface area contributed by atoms with Crippen LogP contribution < -0.4 is 20.5 Å². The van der Waals surface area contributed by atoms with Gasteiger partial charge >= 0.3 is 0 Å². The van der Waals surface area contributed by atoms with E-state index in [4.69, 9.17) is 20.2 Å². The summed E-state index contributed by atoms with van der Waals surface area (Å²) in [7, 11) is 1.61. The van der Waals surface area contributed by atoms with Crippen molar-refractivity contribution in [2.45, 2.75) is 120 Å². The van der Waals surface area contributed by atoms with Crippen LogP contribution in [0.25, 0.3) is 22.2 Å². The fraction of sp³-hybridized carbons (Fsp3) is 0.568. The summed E-state index contributed by atoms with van der Waals surface area (Å²) < 4.78 is 31.8. The molecule has 13 nitrogen and oxygen atoms in total. The van der Waals surface area contributed by atoms with Crippen LogP contribution in [0.3, 0.4) is 0 Å². The van der Waals surface area contributed by atoms with Gasteiger partial charge in [-0.2, -0.15) is 0 Å². The van der Waals surface area contributed by atoms with Gasteiger partial charge in [-0.1, -0.05) is 80.4 Å². The maximum atomic E-state index is 14.6. The van der Waals surface area contributed by atoms with Crippen LogP contribution in [-0.4, -0.2) is 97.4 Å². The van der Waals surface area contributed by atoms with Crippen molar-refractivity contribution in [3.05, 3.63) is 54.6 Å². The molecule has 0 spiro atoms. The summed E-state index contributed by atoms with van der Waals surface area (Å²) in [4.78, 5) is 63.4. The van der Waals surface area contributed by atoms with Crippen molar-refractivity contribution in [1.29, 1.82) is 0 Å². The number of pyridine rings is 1. The average Bonchev–Trinajstić information content (AvgIpc) is 4.01. The van der Waals surface area contributed by atoms with E-state index in [1.165, 1.54) is 0 Å². The largest absolute Gasteiger partial charge is 0.772 e. The lowest BCUT2D eigenvalue weighted by atomic mass is 9.93. The van der Waals surface area contributed by atoms with Crippen molar-refractivity contribution in [3.63, 3.8) is 0 Å². The number of ether oxygens (including phenoxy) is 2. The Labute approximate surface area is 344 Å². The Hall–Kier alpha value is -4.56. The average molecular weight is 817 g/mol. The third-order valence-electron chi connectivity index (χ3n) is 11.9. The van der Waals surface area contributed by atoms with Gasteiger partial charge in [0.25, 0.3) is 0 Å². The number of primary amides is 1. The normalized spacial score (nSPS) is 25.3. The number of aromatic nitrogens is 1. The molecule has 1 aromatic heterocycles. The van der Waals surface area contributed by atoms with Crippen LogP contribution in [0.5, 0.6) is 11.5 Å². The molecule has 4 aliphatic rings. The lowest BCUT2D eigenvalue weighted by molar-refractivity contribution is -0.145. The van der Waals surface area contributed by atoms with Crippen molar-refractivity contribution in [2.75, 3.05) is 26.7 Å². The van der Waals surface area contributed by atoms with E-state index < -0.39 is 47.0 Å². The predicted octanol–water partition coefficient (Wildman–Crippen LogP) is 5.66. The van der Waals surface area contributed by atoms with Crippen molar-refractivity contribution < 1.29 is 37.4 Å². The first-order valence-electron chi connectivity index (χ1n) is 21.0. The summed E-state index contributed by atoms with van der Waals surface area (Å²) in [5.41, 5.74) is 8.16. The Morgan fingerprint density at radius 2 is 1.62 bits per heavy atom. The van der Waals surface area contributed by atoms with E-state index >= 15 is 0 Å². The van der Waals surface area contributed by atoms with Crippen LogP contribution in [0.2, 0.25) is 0 Å². The van der Waals surface area contributed by atoms with E-state index in [-0.39, 0.29) is 42.4 Å². The fourth-order valence-electron chi connectivity index (χ4n) is 8.30. The van der Waals surface area contributed by atoms with E-state index in [1.54, 1.807) is 12.0 Å². The number of likely N-dealkylation sites (tertiary alicyclic amines) is 1. The number of piperidine rings is 1. The number of nitrogens with one attached hydrogen (secondary N) is 1. The van der Waals surface area contributed by atoms with Gasteiger partial charge in [0.1, 0.15) is 29.7 Å². The van der Waals surface area contributed by atoms with Gasteiger partial charge in [0.2, 0.25) is 23.6 Å². The molecule has 14 heteroatoms. The highest BCUT2D eigenvalue weighted by Crippen LogP contribution is 2.35. The minimum atomic E-state index is -1.76. The van der Waals surface area contributed by atoms with Crippen molar-refractivity contribution >= 4 is 45.6 Å². The zero-order valence-corrected chi connectivity index (χ0v) is 34.6. The van der Waals surface area contributed by atoms with Gasteiger partial charge in [-0.15, -0.1) is 0 Å². The highest BCUT2D eigenvalue weighted by molar-refractivity contribution is 7.80. The second-order valence-corrected chi connectivity index (χ2v) is 17.4. The third kappa shape index (κ3) is 11.3. The molecule has 2 unspecified atom stereocenters. The first-order chi connectivity index (χ1) is 28.0. The first kappa shape index (κ1) is 43.0. The fourth-order valence-corrected chi connectivity index (χ4v) is 8.82. The molecule has 1 aliphatic carbocycles. The van der Waals surface area contributed by atoms with Crippen LogP contribution >= 0.6 is 0 Å². The Balaban J connectivity index is 0.000000865. The summed E-state index contributed by atoms with van der Waals surface area (Å²) >= 11 is -1.76. The number of hydrogen-bond acceptors (Lipinski definition) is 9. The minimum Gasteiger partial charge on any atom is -0.772 e. The molecule has 4 amide bonds. The molecule has 6 atom stereocenters. The number of fused-ring (bicyclic) bond motifs is 2. The maximum absolute atomic E-state index is 14.6. The van der Waals surface area contributed by atoms with Gasteiger partial charge in [-0.05, 0) is 63.0 Å². The topological polar surface area (TPSA) is 184 Å². The summed E-state index contributed by atoms with van der Waals surface area (Å²) in [5.74, 6) is -0.718. The lowest BCUT2D eigenvalue weighted by Crippen LogP contribution is -2.55. The molecule has 2 aromatic carbocycles. The first-order valence-corrected chi connectivity index (χ1v) is 22.1. The molecule has 4 heterocycles. The third-order valence-corrected chi connectivity index (χ3v) is 12.9. The van der Waals surface area contributed by atoms with Gasteiger partial charge in [-0.25, -0.2) is 4.98 Å². The predicted molar refractivity (Wildman–Crippen MR) is 221 cm³/mol. The number of rotatable bonds is 8. The van der Waals surface area contributed by atoms with Crippen LogP contribution in [0.4, 0.5) is 0 Å². The summed E-state index contributed by atoms with van der Waals surface area (Å²) in [5, 5.41) is 3.72. The SMILES string of the molecule is COc1ccc2c(O[C@@H]3C[C@H]4C(=O)NC(C(N)=O)[C@@H](C)CCCCCCC[C@H](CC(=O)N5CCCCC5)C(=O)N4C3)cc(-c3ccccc3)nc2c1.O=S([O-])C1CC1. The van der Waals surface area contributed by atoms with Crippen molar-refractivity contribution in [1.82, 2.24) is 20.1 Å². The van der Waals surface area contributed by atoms with Crippen LogP contribution in [0.15, 0.2) is 54.6 Å². The van der Waals surface area contributed by atoms with Gasteiger partial charge in [0, 0.05) is 60.2 Å². The molecule has 0 bridgehead atoms. The van der Waals surface area contributed by atoms with Gasteiger partial charge in [0.15, 0.2) is 0 Å². The number of carbonyl (C=O) groups is 4. The molecular formula is C44H58N5O8S-. The Morgan fingerprint density at radius 3 is 2.28 bits per heavy atom. The molecule has 3 saturated heterocycles. The van der Waals surface area contributed by atoms with Gasteiger partial charge in [0.05, 0.1) is 24.9 Å². The van der Waals surface area contributed by atoms with Crippen molar-refractivity contribution in [3.8, 4) is 22.8 Å². The van der Waals surface area contributed by atoms with Gasteiger partial charge < -0.3 is 34.9 Å². The number of methoxy groups -OCH3 is 1. The lowest BCUT2D eigenvalue weighted by Gasteiger charge is -2.31. The molecule has 1 saturated carbocycles. The Morgan fingerprint density at radius 1 is 0.931 bits per heavy atom. The number of amides is 4. The monoisotopic (exact) mass is 816 g/mol. The number of benzene rings is 2. The molecule has 58 heavy (non-hydrogen) atoms. The zero-order valence-electron chi connectivity index (χ0n) is 33.8. The molecule has 4 fully saturated rings. The molecule has 0 radical (unpaired) electrons. The van der Waals surface area contributed by atoms with E-state index in [1.807, 2.05) is 66.4 Å². The van der Waals surface area contributed by atoms with E-state index in [9.17, 15) is 27.9 Å². The Bertz CT molecular complexity index is 1920. The molecule has 314 valence electrons. The van der Waals surface area contributed by atoms with E-state index in [2.05, 4.69) is 5.32 Å². The number of nitrogens with zero attached hydrogens (tertiary/aromatic N) is 3. The second-order valence-electron chi connectivity index (χ2n) is 16.3. The van der Waals surface area contributed by atoms with Crippen molar-refractivity contribution in [2.24, 2.45) is 17.6 Å². The summed E-state index contributed by atoms with van der Waals surface area (Å²) in [6.07, 6.45) is 10.6. The number of hydrogen-bond donors (Lipinski definition) is 2. The molecule has 3 aromatic rings. The standard InChI is InChI=1S/C41H53N5O6.C3H6O2S/c1-27-14-8-4-3-5-9-17-29(22-37(47)45-20-12-7-13-21-45)41(50)46-26-31(24-35(46)40(49)44-38(27)39(42)48)52-36-25-33(28-15-10-6-11-16-28)43-34-23-30(51-2)18-19-32(34)36;4-6(5)3-1-2-3/h6,10-11,15-16,18-19,23,25,27,29,31,35,38H,3-5,7-9,12-14,17,20-22,24,26H2,1-2H3,(H2,42,48)(H,44,49);3H,1-2H2,(H,4,5)/p-1/t27-,29+,31+,35-,38?;/m0./s1. The second kappa shape index (κ2) is 20.4. The maximum Gasteiger partial charge on any atom is 0.243 e. The molecule has 3 aliphatic heterocycles. The van der Waals surface area contributed by atoms with Gasteiger partial charge in [-0.3, -0.25) is 23.4 Å². The number of nitrogens with two attached hydrogens (primary N) is 1. The van der Waals surface area contributed by atoms with E-state index in [0.717, 1.165) is 81.6 Å². The summed E-state index contributed by atoms with van der Waals surface area (Å²) in [6.45, 7) is 3.53. The Kier molecular flexibility index (Phi) is 15.1. The van der Waals surface area contributed by atoms with Crippen LogP contribution in [0, 0.1) is 11.8 Å². The zero-order chi connectivity index (χ0) is 41.2. The molecule has 3 N–H and O–H groups in total. The summed E-state index contributed by atoms with van der Waals surface area (Å²) in [6, 6.07) is 15.6.